The standard InChI is InChI=1S/C13H15N3O/c1-16-9-11(8-15-16)13(14)12(17)7-10-5-3-2-4-6-10/h2-6,8-9,13H,7,14H2,1H3. The Labute approximate surface area is 100 Å². The third-order valence-corrected chi connectivity index (χ3v) is 2.65. The van der Waals surface area contributed by atoms with Crippen molar-refractivity contribution in [2.24, 2.45) is 12.8 Å². The molecule has 0 spiro atoms. The highest BCUT2D eigenvalue weighted by Crippen LogP contribution is 2.12. The Morgan fingerprint density at radius 3 is 2.71 bits per heavy atom. The Kier molecular flexibility index (Phi) is 3.35. The molecule has 0 radical (unpaired) electrons. The molecule has 0 saturated heterocycles. The molecule has 4 heteroatoms. The Balaban J connectivity index is 2.06. The third-order valence-electron chi connectivity index (χ3n) is 2.65. The van der Waals surface area contributed by atoms with Crippen LogP contribution in [0.5, 0.6) is 0 Å². The maximum atomic E-state index is 12.0. The van der Waals surface area contributed by atoms with Gasteiger partial charge >= 0.3 is 0 Å². The largest absolute Gasteiger partial charge is 0.318 e. The molecule has 2 rings (SSSR count). The van der Waals surface area contributed by atoms with Gasteiger partial charge in [-0.2, -0.15) is 5.10 Å². The van der Waals surface area contributed by atoms with E-state index >= 15 is 0 Å². The molecule has 2 N–H and O–H groups in total. The van der Waals surface area contributed by atoms with Crippen LogP contribution in [-0.4, -0.2) is 15.6 Å². The van der Waals surface area contributed by atoms with Crippen LogP contribution in [-0.2, 0) is 18.3 Å². The van der Waals surface area contributed by atoms with Crippen LogP contribution < -0.4 is 5.73 Å². The molecule has 88 valence electrons. The number of hydrogen-bond donors (Lipinski definition) is 1. The summed E-state index contributed by atoms with van der Waals surface area (Å²) in [5.41, 5.74) is 7.64. The first kappa shape index (κ1) is 11.5. The summed E-state index contributed by atoms with van der Waals surface area (Å²) in [7, 11) is 1.80. The van der Waals surface area contributed by atoms with E-state index in [0.717, 1.165) is 11.1 Å². The highest BCUT2D eigenvalue weighted by atomic mass is 16.1. The minimum Gasteiger partial charge on any atom is -0.318 e. The number of aryl methyl sites for hydroxylation is 1. The number of hydrogen-bond acceptors (Lipinski definition) is 3. The van der Waals surface area contributed by atoms with Gasteiger partial charge in [0, 0.05) is 25.2 Å². The summed E-state index contributed by atoms with van der Waals surface area (Å²) in [5.74, 6) is 0.00389. The summed E-state index contributed by atoms with van der Waals surface area (Å²) in [4.78, 5) is 12.0. The highest BCUT2D eigenvalue weighted by molar-refractivity contribution is 5.86. The number of carbonyl (C=O) groups is 1. The molecule has 0 aliphatic carbocycles. The molecule has 0 saturated carbocycles. The summed E-state index contributed by atoms with van der Waals surface area (Å²) in [6, 6.07) is 9.01. The first-order valence-corrected chi connectivity index (χ1v) is 5.47. The lowest BCUT2D eigenvalue weighted by molar-refractivity contribution is -0.119. The van der Waals surface area contributed by atoms with Crippen LogP contribution in [0.4, 0.5) is 0 Å². The van der Waals surface area contributed by atoms with Crippen molar-refractivity contribution >= 4 is 5.78 Å². The molecule has 0 fully saturated rings. The zero-order valence-electron chi connectivity index (χ0n) is 9.71. The summed E-state index contributed by atoms with van der Waals surface area (Å²) < 4.78 is 1.64. The molecule has 1 aromatic carbocycles. The monoisotopic (exact) mass is 229 g/mol. The van der Waals surface area contributed by atoms with Crippen LogP contribution in [0.2, 0.25) is 0 Å². The number of Topliss-reactive ketones (excluding diaryl/α,β-unsaturated/α-hetero) is 1. The van der Waals surface area contributed by atoms with Gasteiger partial charge in [-0.1, -0.05) is 30.3 Å². The van der Waals surface area contributed by atoms with E-state index in [9.17, 15) is 4.79 Å². The lowest BCUT2D eigenvalue weighted by Gasteiger charge is -2.08. The first-order chi connectivity index (χ1) is 8.16. The smallest absolute Gasteiger partial charge is 0.158 e. The molecular weight excluding hydrogens is 214 g/mol. The maximum Gasteiger partial charge on any atom is 0.158 e. The zero-order valence-corrected chi connectivity index (χ0v) is 9.71. The average Bonchev–Trinajstić information content (AvgIpc) is 2.76. The lowest BCUT2D eigenvalue weighted by Crippen LogP contribution is -2.22. The number of nitrogens with two attached hydrogens (primary N) is 1. The van der Waals surface area contributed by atoms with E-state index in [1.165, 1.54) is 0 Å². The fraction of sp³-hybridized carbons (Fsp3) is 0.231. The van der Waals surface area contributed by atoms with Crippen molar-refractivity contribution < 1.29 is 4.79 Å². The van der Waals surface area contributed by atoms with E-state index in [2.05, 4.69) is 5.10 Å². The van der Waals surface area contributed by atoms with Gasteiger partial charge in [0.2, 0.25) is 0 Å². The van der Waals surface area contributed by atoms with E-state index < -0.39 is 6.04 Å². The molecule has 1 aromatic heterocycles. The second-order valence-electron chi connectivity index (χ2n) is 4.05. The normalized spacial score (nSPS) is 12.4. The predicted octanol–water partition coefficient (Wildman–Crippen LogP) is 1.23. The van der Waals surface area contributed by atoms with Crippen molar-refractivity contribution in [3.63, 3.8) is 0 Å². The van der Waals surface area contributed by atoms with Crippen LogP contribution in [0.3, 0.4) is 0 Å². The molecule has 0 amide bonds. The molecular formula is C13H15N3O. The summed E-state index contributed by atoms with van der Waals surface area (Å²) in [6.45, 7) is 0. The van der Waals surface area contributed by atoms with Crippen LogP contribution in [0.1, 0.15) is 17.2 Å². The van der Waals surface area contributed by atoms with Gasteiger partial charge in [0.1, 0.15) is 0 Å². The van der Waals surface area contributed by atoms with Crippen molar-refractivity contribution in [2.75, 3.05) is 0 Å². The van der Waals surface area contributed by atoms with Gasteiger partial charge < -0.3 is 5.73 Å². The number of rotatable bonds is 4. The van der Waals surface area contributed by atoms with E-state index in [1.807, 2.05) is 30.3 Å². The SMILES string of the molecule is Cn1cc(C(N)C(=O)Cc2ccccc2)cn1. The molecule has 2 aromatic rings. The summed E-state index contributed by atoms with van der Waals surface area (Å²) >= 11 is 0. The van der Waals surface area contributed by atoms with Crippen molar-refractivity contribution in [3.05, 3.63) is 53.9 Å². The van der Waals surface area contributed by atoms with Crippen LogP contribution in [0.15, 0.2) is 42.7 Å². The molecule has 0 bridgehead atoms. The Bertz CT molecular complexity index is 504. The molecule has 17 heavy (non-hydrogen) atoms. The number of benzene rings is 1. The maximum absolute atomic E-state index is 12.0. The molecule has 1 unspecified atom stereocenters. The fourth-order valence-corrected chi connectivity index (χ4v) is 1.69. The fourth-order valence-electron chi connectivity index (χ4n) is 1.69. The van der Waals surface area contributed by atoms with Gasteiger partial charge in [-0.15, -0.1) is 0 Å². The minimum atomic E-state index is -0.594. The van der Waals surface area contributed by atoms with Crippen LogP contribution >= 0.6 is 0 Å². The number of ketones is 1. The molecule has 4 nitrogen and oxygen atoms in total. The number of nitrogens with zero attached hydrogens (tertiary/aromatic N) is 2. The van der Waals surface area contributed by atoms with Crippen molar-refractivity contribution in [3.8, 4) is 0 Å². The molecule has 0 aliphatic rings. The first-order valence-electron chi connectivity index (χ1n) is 5.47. The molecule has 1 heterocycles. The third kappa shape index (κ3) is 2.79. The average molecular weight is 229 g/mol. The highest BCUT2D eigenvalue weighted by Gasteiger charge is 2.17. The molecule has 0 aliphatic heterocycles. The Morgan fingerprint density at radius 2 is 2.12 bits per heavy atom. The lowest BCUT2D eigenvalue weighted by atomic mass is 10.0. The van der Waals surface area contributed by atoms with E-state index in [-0.39, 0.29) is 5.78 Å². The van der Waals surface area contributed by atoms with Crippen LogP contribution in [0, 0.1) is 0 Å². The second-order valence-corrected chi connectivity index (χ2v) is 4.05. The topological polar surface area (TPSA) is 60.9 Å². The van der Waals surface area contributed by atoms with E-state index in [1.54, 1.807) is 24.1 Å². The number of aromatic nitrogens is 2. The van der Waals surface area contributed by atoms with Crippen molar-refractivity contribution in [1.29, 1.82) is 0 Å². The van der Waals surface area contributed by atoms with Gasteiger partial charge in [-0.05, 0) is 5.56 Å². The van der Waals surface area contributed by atoms with Crippen molar-refractivity contribution in [2.45, 2.75) is 12.5 Å². The van der Waals surface area contributed by atoms with Gasteiger partial charge in [0.05, 0.1) is 12.2 Å². The second kappa shape index (κ2) is 4.93. The van der Waals surface area contributed by atoms with Gasteiger partial charge in [-0.3, -0.25) is 9.48 Å². The van der Waals surface area contributed by atoms with Crippen molar-refractivity contribution in [1.82, 2.24) is 9.78 Å². The molecule has 1 atom stereocenters. The van der Waals surface area contributed by atoms with E-state index in [4.69, 9.17) is 5.73 Å². The summed E-state index contributed by atoms with van der Waals surface area (Å²) in [5, 5.41) is 4.01. The Morgan fingerprint density at radius 1 is 1.41 bits per heavy atom. The summed E-state index contributed by atoms with van der Waals surface area (Å²) in [6.07, 6.45) is 3.76. The zero-order chi connectivity index (χ0) is 12.3. The Hall–Kier alpha value is -1.94. The minimum absolute atomic E-state index is 0.00389. The van der Waals surface area contributed by atoms with Crippen LogP contribution in [0.25, 0.3) is 0 Å². The van der Waals surface area contributed by atoms with Gasteiger partial charge in [0.25, 0.3) is 0 Å². The van der Waals surface area contributed by atoms with Gasteiger partial charge in [0.15, 0.2) is 5.78 Å². The quantitative estimate of drug-likeness (QED) is 0.857. The number of carbonyl (C=O) groups excluding carboxylic acids is 1. The predicted molar refractivity (Wildman–Crippen MR) is 65.3 cm³/mol. The van der Waals surface area contributed by atoms with Gasteiger partial charge in [-0.25, -0.2) is 0 Å². The van der Waals surface area contributed by atoms with E-state index in [0.29, 0.717) is 6.42 Å².